The zero-order valence-electron chi connectivity index (χ0n) is 16.8. The fourth-order valence-corrected chi connectivity index (χ4v) is 4.80. The largest absolute Gasteiger partial charge is 0.481 e. The summed E-state index contributed by atoms with van der Waals surface area (Å²) in [6.45, 7) is 3.51. The van der Waals surface area contributed by atoms with Crippen LogP contribution in [0.2, 0.25) is 5.02 Å². The lowest BCUT2D eigenvalue weighted by molar-refractivity contribution is -0.147. The van der Waals surface area contributed by atoms with Gasteiger partial charge in [-0.15, -0.1) is 11.3 Å². The Hall–Kier alpha value is -2.38. The van der Waals surface area contributed by atoms with Gasteiger partial charge in [-0.2, -0.15) is 0 Å². The number of halogens is 1. The van der Waals surface area contributed by atoms with Gasteiger partial charge in [-0.05, 0) is 44.4 Å². The zero-order valence-corrected chi connectivity index (χ0v) is 18.4. The van der Waals surface area contributed by atoms with Crippen LogP contribution >= 0.6 is 22.9 Å². The minimum atomic E-state index is -0.956. The molecule has 30 heavy (non-hydrogen) atoms. The number of hydrogen-bond acceptors (Lipinski definition) is 5. The number of ether oxygens (including phenoxy) is 1. The number of carbonyl (C=O) groups excluding carboxylic acids is 2. The summed E-state index contributed by atoms with van der Waals surface area (Å²) in [6, 6.07) is 7.04. The van der Waals surface area contributed by atoms with Gasteiger partial charge in [0.05, 0.1) is 17.9 Å². The van der Waals surface area contributed by atoms with Crippen molar-refractivity contribution in [2.75, 3.05) is 5.32 Å². The van der Waals surface area contributed by atoms with Crippen molar-refractivity contribution in [3.63, 3.8) is 0 Å². The number of esters is 1. The first-order valence-corrected chi connectivity index (χ1v) is 11.2. The SMILES string of the molecule is CC(C)OC(=O)c1c(-c2ccc(Cl)cc2)csc1NC(=O)[C@H]1CCCC[C@H]1C(=O)O. The Balaban J connectivity index is 1.93. The summed E-state index contributed by atoms with van der Waals surface area (Å²) in [6.07, 6.45) is 2.28. The Morgan fingerprint density at radius 3 is 2.37 bits per heavy atom. The van der Waals surface area contributed by atoms with Crippen LogP contribution in [0.1, 0.15) is 49.9 Å². The Bertz CT molecular complexity index is 938. The van der Waals surface area contributed by atoms with Crippen molar-refractivity contribution >= 4 is 45.8 Å². The van der Waals surface area contributed by atoms with E-state index in [1.807, 2.05) is 0 Å². The molecule has 2 aromatic rings. The van der Waals surface area contributed by atoms with Gasteiger partial charge in [-0.1, -0.05) is 36.6 Å². The molecule has 8 heteroatoms. The molecule has 0 radical (unpaired) electrons. The highest BCUT2D eigenvalue weighted by Crippen LogP contribution is 2.38. The zero-order chi connectivity index (χ0) is 21.8. The molecule has 1 fully saturated rings. The third kappa shape index (κ3) is 5.02. The molecule has 3 rings (SSSR count). The molecule has 160 valence electrons. The minimum Gasteiger partial charge on any atom is -0.481 e. The van der Waals surface area contributed by atoms with E-state index in [9.17, 15) is 19.5 Å². The molecule has 1 aromatic carbocycles. The molecule has 1 heterocycles. The van der Waals surface area contributed by atoms with Crippen molar-refractivity contribution in [1.29, 1.82) is 0 Å². The van der Waals surface area contributed by atoms with Crippen LogP contribution in [0, 0.1) is 11.8 Å². The van der Waals surface area contributed by atoms with Gasteiger partial charge in [0.25, 0.3) is 0 Å². The fourth-order valence-electron chi connectivity index (χ4n) is 3.71. The van der Waals surface area contributed by atoms with E-state index in [0.717, 1.165) is 18.4 Å². The molecule has 1 aliphatic carbocycles. The molecule has 0 aliphatic heterocycles. The monoisotopic (exact) mass is 449 g/mol. The number of benzene rings is 1. The molecule has 0 bridgehead atoms. The highest BCUT2D eigenvalue weighted by molar-refractivity contribution is 7.15. The predicted molar refractivity (Wildman–Crippen MR) is 117 cm³/mol. The quantitative estimate of drug-likeness (QED) is 0.571. The minimum absolute atomic E-state index is 0.270. The van der Waals surface area contributed by atoms with E-state index >= 15 is 0 Å². The average molecular weight is 450 g/mol. The summed E-state index contributed by atoms with van der Waals surface area (Å²) in [5, 5.41) is 15.0. The highest BCUT2D eigenvalue weighted by atomic mass is 35.5. The summed E-state index contributed by atoms with van der Waals surface area (Å²) in [4.78, 5) is 37.3. The smallest absolute Gasteiger partial charge is 0.342 e. The lowest BCUT2D eigenvalue weighted by Crippen LogP contribution is -2.36. The number of carbonyl (C=O) groups is 3. The standard InChI is InChI=1S/C22H24ClNO5S/c1-12(2)29-22(28)18-17(13-7-9-14(23)10-8-13)11-30-20(18)24-19(25)15-5-3-4-6-16(15)21(26)27/h7-12,15-16H,3-6H2,1-2H3,(H,24,25)(H,26,27)/t15-,16+/m0/s1. The summed E-state index contributed by atoms with van der Waals surface area (Å²) < 4.78 is 5.40. The van der Waals surface area contributed by atoms with E-state index in [4.69, 9.17) is 16.3 Å². The number of carboxylic acids is 1. The van der Waals surface area contributed by atoms with Crippen molar-refractivity contribution in [3.8, 4) is 11.1 Å². The van der Waals surface area contributed by atoms with Crippen LogP contribution < -0.4 is 5.32 Å². The molecule has 1 aliphatic rings. The highest BCUT2D eigenvalue weighted by Gasteiger charge is 2.36. The first-order valence-electron chi connectivity index (χ1n) is 9.90. The van der Waals surface area contributed by atoms with E-state index < -0.39 is 23.8 Å². The van der Waals surface area contributed by atoms with Crippen LogP contribution in [0.25, 0.3) is 11.1 Å². The van der Waals surface area contributed by atoms with Gasteiger partial charge in [0.15, 0.2) is 0 Å². The Labute approximate surface area is 184 Å². The van der Waals surface area contributed by atoms with Gasteiger partial charge in [-0.25, -0.2) is 4.79 Å². The Morgan fingerprint density at radius 1 is 1.13 bits per heavy atom. The van der Waals surface area contributed by atoms with Crippen molar-refractivity contribution in [3.05, 3.63) is 40.2 Å². The van der Waals surface area contributed by atoms with Crippen LogP contribution in [0.3, 0.4) is 0 Å². The van der Waals surface area contributed by atoms with Crippen molar-refractivity contribution in [1.82, 2.24) is 0 Å². The summed E-state index contributed by atoms with van der Waals surface area (Å²) in [5.74, 6) is -3.19. The first-order chi connectivity index (χ1) is 14.3. The van der Waals surface area contributed by atoms with Gasteiger partial charge in [-0.3, -0.25) is 9.59 Å². The third-order valence-corrected chi connectivity index (χ3v) is 6.30. The van der Waals surface area contributed by atoms with E-state index in [2.05, 4.69) is 5.32 Å². The molecule has 1 amide bonds. The van der Waals surface area contributed by atoms with E-state index in [1.54, 1.807) is 43.5 Å². The maximum atomic E-state index is 12.9. The second kappa shape index (κ2) is 9.62. The normalized spacial score (nSPS) is 18.8. The molecule has 2 atom stereocenters. The lowest BCUT2D eigenvalue weighted by atomic mass is 9.79. The number of aliphatic carboxylic acids is 1. The van der Waals surface area contributed by atoms with Gasteiger partial charge < -0.3 is 15.2 Å². The number of carboxylic acid groups (broad SMARTS) is 1. The maximum absolute atomic E-state index is 12.9. The molecule has 0 saturated heterocycles. The number of rotatable bonds is 6. The molecule has 6 nitrogen and oxygen atoms in total. The van der Waals surface area contributed by atoms with Gasteiger partial charge in [0.1, 0.15) is 10.6 Å². The number of hydrogen-bond donors (Lipinski definition) is 2. The topological polar surface area (TPSA) is 92.7 Å². The van der Waals surface area contributed by atoms with Crippen molar-refractivity contribution < 1.29 is 24.2 Å². The number of amides is 1. The summed E-state index contributed by atoms with van der Waals surface area (Å²) >= 11 is 7.19. The second-order valence-electron chi connectivity index (χ2n) is 7.64. The maximum Gasteiger partial charge on any atom is 0.342 e. The van der Waals surface area contributed by atoms with Crippen LogP contribution in [0.5, 0.6) is 0 Å². The van der Waals surface area contributed by atoms with Crippen LogP contribution in [-0.4, -0.2) is 29.1 Å². The Morgan fingerprint density at radius 2 is 1.77 bits per heavy atom. The van der Waals surface area contributed by atoms with Gasteiger partial charge in [0.2, 0.25) is 5.91 Å². The number of nitrogens with one attached hydrogen (secondary N) is 1. The molecule has 1 aromatic heterocycles. The molecular formula is C22H24ClNO5S. The molecule has 1 saturated carbocycles. The van der Waals surface area contributed by atoms with Crippen LogP contribution in [0.4, 0.5) is 5.00 Å². The van der Waals surface area contributed by atoms with E-state index in [0.29, 0.717) is 28.4 Å². The molecule has 0 unspecified atom stereocenters. The van der Waals surface area contributed by atoms with Crippen molar-refractivity contribution in [2.24, 2.45) is 11.8 Å². The third-order valence-electron chi connectivity index (χ3n) is 5.15. The van der Waals surface area contributed by atoms with Crippen LogP contribution in [-0.2, 0) is 14.3 Å². The molecule has 2 N–H and O–H groups in total. The van der Waals surface area contributed by atoms with Gasteiger partial charge in [0, 0.05) is 16.0 Å². The number of thiophene rings is 1. The van der Waals surface area contributed by atoms with Crippen LogP contribution in [0.15, 0.2) is 29.6 Å². The second-order valence-corrected chi connectivity index (χ2v) is 8.96. The first kappa shape index (κ1) is 22.3. The lowest BCUT2D eigenvalue weighted by Gasteiger charge is -2.27. The van der Waals surface area contributed by atoms with Crippen molar-refractivity contribution in [2.45, 2.75) is 45.6 Å². The van der Waals surface area contributed by atoms with E-state index in [-0.39, 0.29) is 17.6 Å². The molecular weight excluding hydrogens is 426 g/mol. The summed E-state index contributed by atoms with van der Waals surface area (Å²) in [7, 11) is 0. The van der Waals surface area contributed by atoms with Gasteiger partial charge >= 0.3 is 11.9 Å². The number of anilines is 1. The van der Waals surface area contributed by atoms with E-state index in [1.165, 1.54) is 11.3 Å². The fraction of sp³-hybridized carbons (Fsp3) is 0.409. The predicted octanol–water partition coefficient (Wildman–Crippen LogP) is 5.46. The average Bonchev–Trinajstić information content (AvgIpc) is 3.11. The Kier molecular flexibility index (Phi) is 7.15. The summed E-state index contributed by atoms with van der Waals surface area (Å²) in [5.41, 5.74) is 1.68. The molecule has 0 spiro atoms.